The third-order valence-electron chi connectivity index (χ3n) is 6.23. The molecule has 1 heterocycles. The van der Waals surface area contributed by atoms with Gasteiger partial charge in [-0.3, -0.25) is 9.69 Å². The highest BCUT2D eigenvalue weighted by atomic mass is 28.4. The molecule has 162 valence electrons. The van der Waals surface area contributed by atoms with Gasteiger partial charge in [-0.25, -0.2) is 0 Å². The Kier molecular flexibility index (Phi) is 6.70. The molecule has 1 aliphatic heterocycles. The lowest BCUT2D eigenvalue weighted by Gasteiger charge is -2.42. The number of nitrogens with one attached hydrogen (secondary N) is 1. The second kappa shape index (κ2) is 9.10. The summed E-state index contributed by atoms with van der Waals surface area (Å²) in [7, 11) is -1.93. The molecular formula is C24H31N4O2Si+. The zero-order valence-corrected chi connectivity index (χ0v) is 19.9. The van der Waals surface area contributed by atoms with Gasteiger partial charge in [0.1, 0.15) is 10.6 Å². The van der Waals surface area contributed by atoms with Crippen LogP contribution in [-0.2, 0) is 15.8 Å². The molecule has 1 saturated heterocycles. The summed E-state index contributed by atoms with van der Waals surface area (Å²) < 4.78 is 6.42. The molecule has 2 unspecified atom stereocenters. The van der Waals surface area contributed by atoms with Crippen LogP contribution in [0.1, 0.15) is 31.9 Å². The Bertz CT molecular complexity index is 1010. The second-order valence-electron chi connectivity index (χ2n) is 9.31. The summed E-state index contributed by atoms with van der Waals surface area (Å²) in [6.45, 7) is 11.5. The van der Waals surface area contributed by atoms with E-state index in [9.17, 15) is 4.79 Å². The van der Waals surface area contributed by atoms with Crippen molar-refractivity contribution in [3.63, 3.8) is 0 Å². The molecule has 3 rings (SSSR count). The Morgan fingerprint density at radius 2 is 1.77 bits per heavy atom. The standard InChI is InChI=1S/C24H31N4O2Si/c1-24(2,3)31(4,5)30-17-19-13-9-10-14-20(19)28-21(22(23(28)29)26-27-25)16-15-18-11-7-6-8-12-18/h6-16,21-22,25H,17H2,1-5H3/q+1/b16-15+. The fourth-order valence-electron chi connectivity index (χ4n) is 3.26. The van der Waals surface area contributed by atoms with E-state index >= 15 is 0 Å². The second-order valence-corrected chi connectivity index (χ2v) is 14.1. The molecule has 0 aliphatic carbocycles. The summed E-state index contributed by atoms with van der Waals surface area (Å²) >= 11 is 0. The number of nitrogens with zero attached hydrogens (tertiary/aromatic N) is 3. The molecule has 1 fully saturated rings. The number of amides is 1. The Balaban J connectivity index is 1.89. The molecule has 0 bridgehead atoms. The maximum atomic E-state index is 12.9. The zero-order valence-electron chi connectivity index (χ0n) is 18.9. The van der Waals surface area contributed by atoms with Crippen LogP contribution in [0.3, 0.4) is 0 Å². The van der Waals surface area contributed by atoms with Crippen molar-refractivity contribution >= 4 is 26.0 Å². The van der Waals surface area contributed by atoms with Crippen LogP contribution in [-0.4, -0.2) is 26.3 Å². The molecule has 2 aromatic carbocycles. The molecule has 1 N–H and O–H groups in total. The molecule has 0 spiro atoms. The first-order valence-corrected chi connectivity index (χ1v) is 13.4. The van der Waals surface area contributed by atoms with Crippen molar-refractivity contribution in [2.45, 2.75) is 57.6 Å². The highest BCUT2D eigenvalue weighted by Crippen LogP contribution is 2.39. The largest absolute Gasteiger partial charge is 0.412 e. The lowest BCUT2D eigenvalue weighted by atomic mass is 9.92. The topological polar surface area (TPSA) is 79.8 Å². The summed E-state index contributed by atoms with van der Waals surface area (Å²) in [6.07, 6.45) is 3.94. The molecule has 6 nitrogen and oxygen atoms in total. The van der Waals surface area contributed by atoms with E-state index in [4.69, 9.17) is 9.96 Å². The Hall–Kier alpha value is -2.86. The van der Waals surface area contributed by atoms with Gasteiger partial charge in [0.2, 0.25) is 11.0 Å². The summed E-state index contributed by atoms with van der Waals surface area (Å²) in [4.78, 5) is 17.8. The molecule has 0 aromatic heterocycles. The summed E-state index contributed by atoms with van der Waals surface area (Å²) in [5, 5.41) is 3.96. The predicted molar refractivity (Wildman–Crippen MR) is 126 cm³/mol. The van der Waals surface area contributed by atoms with Gasteiger partial charge in [-0.2, -0.15) is 0 Å². The molecular weight excluding hydrogens is 404 g/mol. The van der Waals surface area contributed by atoms with E-state index in [1.54, 1.807) is 4.90 Å². The molecule has 0 radical (unpaired) electrons. The third-order valence-corrected chi connectivity index (χ3v) is 10.7. The minimum absolute atomic E-state index is 0.106. The monoisotopic (exact) mass is 435 g/mol. The predicted octanol–water partition coefficient (Wildman–Crippen LogP) is 5.56. The molecule has 31 heavy (non-hydrogen) atoms. The van der Waals surface area contributed by atoms with E-state index in [1.165, 1.54) is 0 Å². The number of rotatable bonds is 7. The number of β-lactam (4-membered cyclic amide) rings is 1. The van der Waals surface area contributed by atoms with Gasteiger partial charge in [0.15, 0.2) is 8.32 Å². The molecule has 1 amide bonds. The fourth-order valence-corrected chi connectivity index (χ4v) is 4.21. The van der Waals surface area contributed by atoms with Crippen molar-refractivity contribution in [1.82, 2.24) is 4.91 Å². The maximum absolute atomic E-state index is 12.9. The van der Waals surface area contributed by atoms with Gasteiger partial charge in [0.05, 0.1) is 12.6 Å². The van der Waals surface area contributed by atoms with Gasteiger partial charge in [0.25, 0.3) is 5.91 Å². The van der Waals surface area contributed by atoms with E-state index < -0.39 is 14.4 Å². The normalized spacial score (nSPS) is 19.3. The fraction of sp³-hybridized carbons (Fsp3) is 0.375. The van der Waals surface area contributed by atoms with Crippen LogP contribution in [0, 0.1) is 5.53 Å². The van der Waals surface area contributed by atoms with Crippen molar-refractivity contribution in [3.8, 4) is 0 Å². The van der Waals surface area contributed by atoms with E-state index in [2.05, 4.69) is 43.9 Å². The maximum Gasteiger partial charge on any atom is 0.262 e. The average Bonchev–Trinajstić information content (AvgIpc) is 2.73. The smallest absolute Gasteiger partial charge is 0.262 e. The highest BCUT2D eigenvalue weighted by molar-refractivity contribution is 6.74. The first-order chi connectivity index (χ1) is 14.7. The van der Waals surface area contributed by atoms with Gasteiger partial charge in [-0.05, 0) is 29.8 Å². The van der Waals surface area contributed by atoms with E-state index in [1.807, 2.05) is 66.7 Å². The zero-order chi connectivity index (χ0) is 22.6. The number of carbonyl (C=O) groups is 1. The molecule has 1 aliphatic rings. The van der Waals surface area contributed by atoms with Crippen molar-refractivity contribution in [1.29, 1.82) is 5.53 Å². The summed E-state index contributed by atoms with van der Waals surface area (Å²) in [6, 6.07) is 16.8. The Labute approximate surface area is 185 Å². The van der Waals surface area contributed by atoms with Gasteiger partial charge >= 0.3 is 0 Å². The number of carbonyl (C=O) groups excluding carboxylic acids is 1. The SMILES string of the molecule is CC(C)(C)[Si](C)(C)OCc1ccccc1N1C(=O)C(N=[N+]=N)C1/C=C/c1ccccc1. The highest BCUT2D eigenvalue weighted by Gasteiger charge is 2.51. The number of benzene rings is 2. The summed E-state index contributed by atoms with van der Waals surface area (Å²) in [5.41, 5.74) is 9.94. The van der Waals surface area contributed by atoms with Crippen molar-refractivity contribution < 1.29 is 9.22 Å². The first kappa shape index (κ1) is 22.8. The quantitative estimate of drug-likeness (QED) is 0.267. The average molecular weight is 436 g/mol. The number of hydrogen-bond donors (Lipinski definition) is 1. The number of anilines is 1. The molecule has 7 heteroatoms. The van der Waals surface area contributed by atoms with Crippen LogP contribution < -0.4 is 9.81 Å². The molecule has 2 aromatic rings. The van der Waals surface area contributed by atoms with Crippen molar-refractivity contribution in [3.05, 3.63) is 71.8 Å². The van der Waals surface area contributed by atoms with Crippen LogP contribution in [0.2, 0.25) is 18.1 Å². The van der Waals surface area contributed by atoms with Crippen LogP contribution in [0.15, 0.2) is 65.8 Å². The van der Waals surface area contributed by atoms with Crippen LogP contribution in [0.25, 0.3) is 6.08 Å². The van der Waals surface area contributed by atoms with Gasteiger partial charge in [0, 0.05) is 11.3 Å². The van der Waals surface area contributed by atoms with Crippen molar-refractivity contribution in [2.75, 3.05) is 4.90 Å². The van der Waals surface area contributed by atoms with Gasteiger partial charge in [-0.1, -0.05) is 81.5 Å². The lowest BCUT2D eigenvalue weighted by Crippen LogP contribution is -2.63. The van der Waals surface area contributed by atoms with E-state index in [0.29, 0.717) is 6.61 Å². The first-order valence-electron chi connectivity index (χ1n) is 10.5. The van der Waals surface area contributed by atoms with E-state index in [0.717, 1.165) is 16.8 Å². The number of hydrogen-bond acceptors (Lipinski definition) is 4. The lowest BCUT2D eigenvalue weighted by molar-refractivity contribution is -0.125. The minimum Gasteiger partial charge on any atom is -0.412 e. The summed E-state index contributed by atoms with van der Waals surface area (Å²) in [5.74, 6) is -0.154. The number of para-hydroxylation sites is 1. The van der Waals surface area contributed by atoms with E-state index in [-0.39, 0.29) is 17.0 Å². The van der Waals surface area contributed by atoms with Crippen LogP contribution in [0.5, 0.6) is 0 Å². The molecule has 0 saturated carbocycles. The Morgan fingerprint density at radius 1 is 1.13 bits per heavy atom. The third kappa shape index (κ3) is 4.90. The van der Waals surface area contributed by atoms with Gasteiger partial charge < -0.3 is 4.43 Å². The van der Waals surface area contributed by atoms with Crippen LogP contribution in [0.4, 0.5) is 5.69 Å². The minimum atomic E-state index is -1.93. The Morgan fingerprint density at radius 3 is 2.42 bits per heavy atom. The molecule has 2 atom stereocenters. The van der Waals surface area contributed by atoms with Gasteiger partial charge in [-0.15, -0.1) is 0 Å². The van der Waals surface area contributed by atoms with Crippen LogP contribution >= 0.6 is 0 Å². The van der Waals surface area contributed by atoms with Crippen molar-refractivity contribution in [2.24, 2.45) is 5.11 Å².